The number of aliphatic hydroxyl groups is 1. The van der Waals surface area contributed by atoms with Crippen LogP contribution < -0.4 is 4.74 Å². The summed E-state index contributed by atoms with van der Waals surface area (Å²) in [6.45, 7) is 0. The van der Waals surface area contributed by atoms with Crippen molar-refractivity contribution in [1.29, 1.82) is 0 Å². The van der Waals surface area contributed by atoms with Crippen LogP contribution in [0.5, 0.6) is 5.75 Å². The Morgan fingerprint density at radius 3 is 2.50 bits per heavy atom. The summed E-state index contributed by atoms with van der Waals surface area (Å²) in [7, 11) is 1.59. The molecular weight excluding hydrogens is 391 g/mol. The van der Waals surface area contributed by atoms with E-state index in [1.807, 2.05) is 18.2 Å². The molecule has 0 amide bonds. The predicted octanol–water partition coefficient (Wildman–Crippen LogP) is 4.64. The van der Waals surface area contributed by atoms with E-state index >= 15 is 0 Å². The maximum absolute atomic E-state index is 13.5. The second kappa shape index (κ2) is 6.70. The lowest BCUT2D eigenvalue weighted by molar-refractivity contribution is 0.177. The van der Waals surface area contributed by atoms with Crippen molar-refractivity contribution in [2.45, 2.75) is 12.5 Å². The number of rotatable bonds is 4. The van der Waals surface area contributed by atoms with Crippen LogP contribution in [-0.2, 0) is 6.42 Å². The van der Waals surface area contributed by atoms with Crippen molar-refractivity contribution >= 4 is 31.9 Å². The fourth-order valence-electron chi connectivity index (χ4n) is 1.88. The van der Waals surface area contributed by atoms with Crippen molar-refractivity contribution in [2.75, 3.05) is 7.11 Å². The maximum atomic E-state index is 13.5. The molecule has 0 aromatic heterocycles. The van der Waals surface area contributed by atoms with Gasteiger partial charge in [0.05, 0.1) is 17.7 Å². The second-order valence-corrected chi connectivity index (χ2v) is 6.06. The lowest BCUT2D eigenvalue weighted by Gasteiger charge is -2.14. The minimum atomic E-state index is -0.777. The van der Waals surface area contributed by atoms with Gasteiger partial charge in [0.15, 0.2) is 0 Å². The van der Waals surface area contributed by atoms with Gasteiger partial charge in [0.1, 0.15) is 11.6 Å². The smallest absolute Gasteiger partial charge is 0.137 e. The normalized spacial score (nSPS) is 12.2. The highest BCUT2D eigenvalue weighted by atomic mass is 79.9. The van der Waals surface area contributed by atoms with Gasteiger partial charge < -0.3 is 9.84 Å². The summed E-state index contributed by atoms with van der Waals surface area (Å²) >= 11 is 6.53. The Kier molecular flexibility index (Phi) is 5.18. The molecule has 1 atom stereocenters. The number of halogens is 3. The number of hydrogen-bond acceptors (Lipinski definition) is 2. The van der Waals surface area contributed by atoms with Crippen LogP contribution in [-0.4, -0.2) is 12.2 Å². The Morgan fingerprint density at radius 2 is 1.85 bits per heavy atom. The zero-order valence-electron chi connectivity index (χ0n) is 10.7. The standard InChI is InChI=1S/C15H13Br2FO2/c1-20-11-3-5-12(16)10(6-11)8-15(19)9-2-4-13(17)14(18)7-9/h2-7,15,19H,8H2,1H3. The van der Waals surface area contributed by atoms with E-state index < -0.39 is 6.10 Å². The molecule has 1 unspecified atom stereocenters. The maximum Gasteiger partial charge on any atom is 0.137 e. The number of ether oxygens (including phenoxy) is 1. The molecule has 0 heterocycles. The van der Waals surface area contributed by atoms with Crippen LogP contribution in [0.2, 0.25) is 0 Å². The molecule has 2 aromatic rings. The third-order valence-corrected chi connectivity index (χ3v) is 4.41. The molecule has 1 N–H and O–H groups in total. The molecule has 2 rings (SSSR count). The van der Waals surface area contributed by atoms with Gasteiger partial charge in [0, 0.05) is 10.9 Å². The van der Waals surface area contributed by atoms with Gasteiger partial charge in [0.25, 0.3) is 0 Å². The van der Waals surface area contributed by atoms with Gasteiger partial charge in [-0.2, -0.15) is 0 Å². The summed E-state index contributed by atoms with van der Waals surface area (Å²) in [6, 6.07) is 10.2. The molecule has 2 nitrogen and oxygen atoms in total. The van der Waals surface area contributed by atoms with Gasteiger partial charge in [-0.05, 0) is 57.4 Å². The van der Waals surface area contributed by atoms with Crippen LogP contribution in [0.3, 0.4) is 0 Å². The number of methoxy groups -OCH3 is 1. The first-order valence-corrected chi connectivity index (χ1v) is 7.55. The van der Waals surface area contributed by atoms with Gasteiger partial charge in [-0.25, -0.2) is 4.39 Å². The van der Waals surface area contributed by atoms with Gasteiger partial charge in [-0.15, -0.1) is 0 Å². The SMILES string of the molecule is COc1ccc(Br)c(CC(O)c2ccc(Br)c(F)c2)c1. The lowest BCUT2D eigenvalue weighted by Crippen LogP contribution is -2.03. The van der Waals surface area contributed by atoms with Crippen molar-refractivity contribution in [3.63, 3.8) is 0 Å². The fourth-order valence-corrected chi connectivity index (χ4v) is 2.54. The molecule has 0 spiro atoms. The van der Waals surface area contributed by atoms with Crippen molar-refractivity contribution in [2.24, 2.45) is 0 Å². The summed E-state index contributed by atoms with van der Waals surface area (Å²) < 4.78 is 19.9. The van der Waals surface area contributed by atoms with Gasteiger partial charge >= 0.3 is 0 Å². The number of aliphatic hydroxyl groups excluding tert-OH is 1. The van der Waals surface area contributed by atoms with E-state index in [0.29, 0.717) is 16.5 Å². The predicted molar refractivity (Wildman–Crippen MR) is 83.5 cm³/mol. The second-order valence-electron chi connectivity index (χ2n) is 4.35. The number of hydrogen-bond donors (Lipinski definition) is 1. The molecule has 0 bridgehead atoms. The first-order chi connectivity index (χ1) is 9.51. The first kappa shape index (κ1) is 15.5. The summed E-state index contributed by atoms with van der Waals surface area (Å²) in [5, 5.41) is 10.2. The van der Waals surface area contributed by atoms with E-state index in [1.54, 1.807) is 19.2 Å². The molecule has 0 radical (unpaired) electrons. The zero-order valence-corrected chi connectivity index (χ0v) is 13.9. The molecule has 106 valence electrons. The largest absolute Gasteiger partial charge is 0.497 e. The van der Waals surface area contributed by atoms with Gasteiger partial charge in [-0.3, -0.25) is 0 Å². The summed E-state index contributed by atoms with van der Waals surface area (Å²) in [6.07, 6.45) is -0.403. The van der Waals surface area contributed by atoms with E-state index in [2.05, 4.69) is 31.9 Å². The molecule has 0 aliphatic rings. The Hall–Kier alpha value is -0.910. The van der Waals surface area contributed by atoms with Crippen molar-refractivity contribution in [3.05, 3.63) is 62.3 Å². The highest BCUT2D eigenvalue weighted by Gasteiger charge is 2.13. The van der Waals surface area contributed by atoms with Crippen LogP contribution in [0.25, 0.3) is 0 Å². The van der Waals surface area contributed by atoms with Gasteiger partial charge in [0.2, 0.25) is 0 Å². The molecule has 20 heavy (non-hydrogen) atoms. The Bertz CT molecular complexity index is 617. The summed E-state index contributed by atoms with van der Waals surface area (Å²) in [4.78, 5) is 0. The average molecular weight is 404 g/mol. The average Bonchev–Trinajstić information content (AvgIpc) is 2.44. The van der Waals surface area contributed by atoms with Crippen LogP contribution >= 0.6 is 31.9 Å². The molecular formula is C15H13Br2FO2. The monoisotopic (exact) mass is 402 g/mol. The molecule has 0 aliphatic carbocycles. The minimum Gasteiger partial charge on any atom is -0.497 e. The Labute approximate surface area is 133 Å². The van der Waals surface area contributed by atoms with Crippen LogP contribution in [0.1, 0.15) is 17.2 Å². The molecule has 0 fully saturated rings. The zero-order chi connectivity index (χ0) is 14.7. The highest BCUT2D eigenvalue weighted by molar-refractivity contribution is 9.10. The van der Waals surface area contributed by atoms with E-state index in [-0.39, 0.29) is 5.82 Å². The van der Waals surface area contributed by atoms with E-state index in [4.69, 9.17) is 4.74 Å². The molecule has 0 saturated carbocycles. The van der Waals surface area contributed by atoms with Crippen molar-refractivity contribution < 1.29 is 14.2 Å². The van der Waals surface area contributed by atoms with Gasteiger partial charge in [-0.1, -0.05) is 22.0 Å². The number of benzene rings is 2. The topological polar surface area (TPSA) is 29.5 Å². The molecule has 0 saturated heterocycles. The quantitative estimate of drug-likeness (QED) is 0.805. The summed E-state index contributed by atoms with van der Waals surface area (Å²) in [5.41, 5.74) is 1.44. The van der Waals surface area contributed by atoms with E-state index in [1.165, 1.54) is 6.07 Å². The van der Waals surface area contributed by atoms with Crippen molar-refractivity contribution in [1.82, 2.24) is 0 Å². The van der Waals surface area contributed by atoms with Crippen LogP contribution in [0.4, 0.5) is 4.39 Å². The Balaban J connectivity index is 2.22. The molecule has 2 aromatic carbocycles. The van der Waals surface area contributed by atoms with Crippen LogP contribution in [0, 0.1) is 5.82 Å². The first-order valence-electron chi connectivity index (χ1n) is 5.96. The summed E-state index contributed by atoms with van der Waals surface area (Å²) in [5.74, 6) is 0.337. The third-order valence-electron chi connectivity index (χ3n) is 2.99. The fraction of sp³-hybridized carbons (Fsp3) is 0.200. The minimum absolute atomic E-state index is 0.374. The van der Waals surface area contributed by atoms with E-state index in [9.17, 15) is 9.50 Å². The van der Waals surface area contributed by atoms with E-state index in [0.717, 1.165) is 15.8 Å². The molecule has 0 aliphatic heterocycles. The van der Waals surface area contributed by atoms with Crippen LogP contribution in [0.15, 0.2) is 45.3 Å². The molecule has 5 heteroatoms. The lowest BCUT2D eigenvalue weighted by atomic mass is 10.0. The van der Waals surface area contributed by atoms with Crippen molar-refractivity contribution in [3.8, 4) is 5.75 Å². The third kappa shape index (κ3) is 3.59. The highest BCUT2D eigenvalue weighted by Crippen LogP contribution is 2.28. The Morgan fingerprint density at radius 1 is 1.15 bits per heavy atom.